The van der Waals surface area contributed by atoms with Crippen molar-refractivity contribution in [1.29, 1.82) is 0 Å². The lowest BCUT2D eigenvalue weighted by atomic mass is 9.88. The quantitative estimate of drug-likeness (QED) is 0.737. The van der Waals surface area contributed by atoms with Gasteiger partial charge in [-0.3, -0.25) is 4.79 Å². The molecule has 122 valence electrons. The number of hydrogen-bond donors (Lipinski definition) is 1. The van der Waals surface area contributed by atoms with Gasteiger partial charge < -0.3 is 9.73 Å². The van der Waals surface area contributed by atoms with E-state index in [1.165, 1.54) is 6.42 Å². The molecule has 1 saturated carbocycles. The first kappa shape index (κ1) is 14.9. The summed E-state index contributed by atoms with van der Waals surface area (Å²) in [4.78, 5) is 16.9. The molecule has 0 unspecified atom stereocenters. The van der Waals surface area contributed by atoms with Gasteiger partial charge in [0.05, 0.1) is 0 Å². The van der Waals surface area contributed by atoms with Gasteiger partial charge in [-0.2, -0.15) is 0 Å². The molecule has 3 aromatic rings. The molecule has 1 fully saturated rings. The van der Waals surface area contributed by atoms with E-state index in [-0.39, 0.29) is 11.8 Å². The Morgan fingerprint density at radius 3 is 2.62 bits per heavy atom. The van der Waals surface area contributed by atoms with Crippen molar-refractivity contribution < 1.29 is 9.21 Å². The van der Waals surface area contributed by atoms with Crippen LogP contribution in [0.1, 0.15) is 32.1 Å². The van der Waals surface area contributed by atoms with Crippen molar-refractivity contribution in [2.24, 2.45) is 5.92 Å². The van der Waals surface area contributed by atoms with Crippen LogP contribution in [0.5, 0.6) is 0 Å². The number of nitrogens with zero attached hydrogens (tertiary/aromatic N) is 1. The minimum atomic E-state index is 0.126. The molecule has 4 rings (SSSR count). The summed E-state index contributed by atoms with van der Waals surface area (Å²) in [7, 11) is 0. The van der Waals surface area contributed by atoms with Gasteiger partial charge in [0.25, 0.3) is 0 Å². The highest BCUT2D eigenvalue weighted by Crippen LogP contribution is 2.28. The van der Waals surface area contributed by atoms with Gasteiger partial charge >= 0.3 is 0 Å². The standard InChI is InChI=1S/C20H20N2O2/c23-19(14-7-3-1-4-8-14)21-16-11-12-18-17(13-16)22-20(24-18)15-9-5-2-6-10-15/h2,5-6,9-14H,1,3-4,7-8H2,(H,21,23). The highest BCUT2D eigenvalue weighted by molar-refractivity contribution is 5.94. The average Bonchev–Trinajstić information content (AvgIpc) is 3.06. The SMILES string of the molecule is O=C(Nc1ccc2oc(-c3ccccc3)nc2c1)C1CCCCC1. The number of hydrogen-bond acceptors (Lipinski definition) is 3. The van der Waals surface area contributed by atoms with Crippen LogP contribution in [0.3, 0.4) is 0 Å². The Labute approximate surface area is 140 Å². The van der Waals surface area contributed by atoms with Gasteiger partial charge in [-0.25, -0.2) is 4.98 Å². The second-order valence-electron chi connectivity index (χ2n) is 6.39. The molecule has 1 amide bonds. The smallest absolute Gasteiger partial charge is 0.227 e. The largest absolute Gasteiger partial charge is 0.436 e. The summed E-state index contributed by atoms with van der Waals surface area (Å²) in [6.45, 7) is 0. The molecule has 0 atom stereocenters. The minimum absolute atomic E-state index is 0.126. The van der Waals surface area contributed by atoms with E-state index in [0.29, 0.717) is 5.89 Å². The van der Waals surface area contributed by atoms with Gasteiger partial charge in [-0.1, -0.05) is 37.5 Å². The first-order valence-electron chi connectivity index (χ1n) is 8.56. The number of fused-ring (bicyclic) bond motifs is 1. The molecule has 0 aliphatic heterocycles. The fraction of sp³-hybridized carbons (Fsp3) is 0.300. The van der Waals surface area contributed by atoms with Gasteiger partial charge in [0.2, 0.25) is 11.8 Å². The molecule has 24 heavy (non-hydrogen) atoms. The molecule has 2 aromatic carbocycles. The lowest BCUT2D eigenvalue weighted by Gasteiger charge is -2.20. The monoisotopic (exact) mass is 320 g/mol. The van der Waals surface area contributed by atoms with Crippen LogP contribution in [0.25, 0.3) is 22.6 Å². The maximum absolute atomic E-state index is 12.4. The molecule has 0 bridgehead atoms. The van der Waals surface area contributed by atoms with Crippen LogP contribution in [0.15, 0.2) is 52.9 Å². The summed E-state index contributed by atoms with van der Waals surface area (Å²) in [5.41, 5.74) is 3.22. The number of rotatable bonds is 3. The van der Waals surface area contributed by atoms with E-state index in [9.17, 15) is 4.79 Å². The Bertz CT molecular complexity index is 848. The van der Waals surface area contributed by atoms with E-state index >= 15 is 0 Å². The van der Waals surface area contributed by atoms with Crippen molar-refractivity contribution in [1.82, 2.24) is 4.98 Å². The Morgan fingerprint density at radius 1 is 1.04 bits per heavy atom. The number of carbonyl (C=O) groups excluding carboxylic acids is 1. The van der Waals surface area contributed by atoms with Gasteiger partial charge in [-0.05, 0) is 43.2 Å². The predicted molar refractivity (Wildman–Crippen MR) is 94.6 cm³/mol. The molecule has 1 N–H and O–H groups in total. The average molecular weight is 320 g/mol. The highest BCUT2D eigenvalue weighted by Gasteiger charge is 2.21. The Kier molecular flexibility index (Phi) is 4.03. The normalized spacial score (nSPS) is 15.5. The fourth-order valence-corrected chi connectivity index (χ4v) is 3.32. The van der Waals surface area contributed by atoms with Crippen LogP contribution < -0.4 is 5.32 Å². The highest BCUT2D eigenvalue weighted by atomic mass is 16.3. The third-order valence-corrected chi connectivity index (χ3v) is 4.65. The molecule has 1 aromatic heterocycles. The van der Waals surface area contributed by atoms with Crippen LogP contribution in [0.2, 0.25) is 0 Å². The Hall–Kier alpha value is -2.62. The number of nitrogens with one attached hydrogen (secondary N) is 1. The number of oxazole rings is 1. The van der Waals surface area contributed by atoms with E-state index in [2.05, 4.69) is 10.3 Å². The Balaban J connectivity index is 1.56. The lowest BCUT2D eigenvalue weighted by molar-refractivity contribution is -0.120. The number of benzene rings is 2. The van der Waals surface area contributed by atoms with Crippen molar-refractivity contribution in [3.8, 4) is 11.5 Å². The first-order valence-corrected chi connectivity index (χ1v) is 8.56. The van der Waals surface area contributed by atoms with Gasteiger partial charge in [-0.15, -0.1) is 0 Å². The molecule has 1 aliphatic rings. The molecule has 0 spiro atoms. The molecule has 0 radical (unpaired) electrons. The number of anilines is 1. The zero-order chi connectivity index (χ0) is 16.4. The van der Waals surface area contributed by atoms with Crippen molar-refractivity contribution >= 4 is 22.7 Å². The maximum Gasteiger partial charge on any atom is 0.227 e. The fourth-order valence-electron chi connectivity index (χ4n) is 3.32. The topological polar surface area (TPSA) is 55.1 Å². The van der Waals surface area contributed by atoms with E-state index in [1.54, 1.807) is 0 Å². The van der Waals surface area contributed by atoms with Crippen LogP contribution in [0, 0.1) is 5.92 Å². The molecular weight excluding hydrogens is 300 g/mol. The van der Waals surface area contributed by atoms with E-state index in [4.69, 9.17) is 4.42 Å². The van der Waals surface area contributed by atoms with E-state index in [0.717, 1.165) is 48.0 Å². The second kappa shape index (κ2) is 6.48. The van der Waals surface area contributed by atoms with Crippen molar-refractivity contribution in [2.75, 3.05) is 5.32 Å². The Morgan fingerprint density at radius 2 is 1.83 bits per heavy atom. The molecule has 4 nitrogen and oxygen atoms in total. The zero-order valence-electron chi connectivity index (χ0n) is 13.5. The number of aromatic nitrogens is 1. The van der Waals surface area contributed by atoms with Crippen LogP contribution in [0.4, 0.5) is 5.69 Å². The van der Waals surface area contributed by atoms with Crippen LogP contribution in [-0.4, -0.2) is 10.9 Å². The molecule has 4 heteroatoms. The molecule has 1 heterocycles. The molecular formula is C20H20N2O2. The third kappa shape index (κ3) is 3.04. The van der Waals surface area contributed by atoms with E-state index < -0.39 is 0 Å². The van der Waals surface area contributed by atoms with Crippen molar-refractivity contribution in [2.45, 2.75) is 32.1 Å². The third-order valence-electron chi connectivity index (χ3n) is 4.65. The summed E-state index contributed by atoms with van der Waals surface area (Å²) in [5.74, 6) is 0.869. The summed E-state index contributed by atoms with van der Waals surface area (Å²) in [6.07, 6.45) is 5.55. The molecule has 0 saturated heterocycles. The number of carbonyl (C=O) groups is 1. The lowest BCUT2D eigenvalue weighted by Crippen LogP contribution is -2.24. The van der Waals surface area contributed by atoms with Gasteiger partial charge in [0.1, 0.15) is 5.52 Å². The van der Waals surface area contributed by atoms with Crippen LogP contribution in [-0.2, 0) is 4.79 Å². The van der Waals surface area contributed by atoms with Crippen molar-refractivity contribution in [3.63, 3.8) is 0 Å². The summed E-state index contributed by atoms with van der Waals surface area (Å²) in [5, 5.41) is 3.03. The summed E-state index contributed by atoms with van der Waals surface area (Å²) in [6, 6.07) is 15.4. The molecule has 1 aliphatic carbocycles. The van der Waals surface area contributed by atoms with Gasteiger partial charge in [0, 0.05) is 17.2 Å². The zero-order valence-corrected chi connectivity index (χ0v) is 13.5. The van der Waals surface area contributed by atoms with E-state index in [1.807, 2.05) is 48.5 Å². The summed E-state index contributed by atoms with van der Waals surface area (Å²) < 4.78 is 5.81. The van der Waals surface area contributed by atoms with Crippen molar-refractivity contribution in [3.05, 3.63) is 48.5 Å². The first-order chi connectivity index (χ1) is 11.8. The van der Waals surface area contributed by atoms with Crippen LogP contribution >= 0.6 is 0 Å². The minimum Gasteiger partial charge on any atom is -0.436 e. The second-order valence-corrected chi connectivity index (χ2v) is 6.39. The number of amides is 1. The predicted octanol–water partition coefficient (Wildman–Crippen LogP) is 5.01. The van der Waals surface area contributed by atoms with Gasteiger partial charge in [0.15, 0.2) is 5.58 Å². The summed E-state index contributed by atoms with van der Waals surface area (Å²) >= 11 is 0. The maximum atomic E-state index is 12.4.